The lowest BCUT2D eigenvalue weighted by molar-refractivity contribution is 0.0696. The van der Waals surface area contributed by atoms with Crippen molar-refractivity contribution in [3.8, 4) is 0 Å². The zero-order valence-electron chi connectivity index (χ0n) is 10.7. The second-order valence-corrected chi connectivity index (χ2v) is 4.75. The molecule has 0 amide bonds. The van der Waals surface area contributed by atoms with Crippen molar-refractivity contribution in [2.24, 2.45) is 0 Å². The van der Waals surface area contributed by atoms with Gasteiger partial charge >= 0.3 is 5.97 Å². The molecule has 4 nitrogen and oxygen atoms in total. The monoisotopic (exact) mass is 294 g/mol. The minimum atomic E-state index is -1.21. The first kappa shape index (κ1) is 14.3. The summed E-state index contributed by atoms with van der Waals surface area (Å²) >= 11 is 5.80. The number of hydrogen-bond acceptors (Lipinski definition) is 3. The Balaban J connectivity index is 2.27. The summed E-state index contributed by atoms with van der Waals surface area (Å²) < 4.78 is 13.1. The van der Waals surface area contributed by atoms with Crippen molar-refractivity contribution in [1.82, 2.24) is 4.98 Å². The maximum atomic E-state index is 13.1. The molecule has 1 aromatic heterocycles. The zero-order chi connectivity index (χ0) is 14.7. The molecule has 1 aromatic carbocycles. The number of aromatic carboxylic acids is 1. The Morgan fingerprint density at radius 3 is 2.65 bits per heavy atom. The molecule has 0 saturated heterocycles. The third kappa shape index (κ3) is 3.24. The SMILES string of the molecule is CN(Cc1ccc(Cl)cc1)c1ncc(F)cc1C(=O)O. The summed E-state index contributed by atoms with van der Waals surface area (Å²) in [5.74, 6) is -1.67. The van der Waals surface area contributed by atoms with Gasteiger partial charge in [0.15, 0.2) is 0 Å². The maximum Gasteiger partial charge on any atom is 0.339 e. The normalized spacial score (nSPS) is 10.3. The van der Waals surface area contributed by atoms with Crippen LogP contribution in [0.25, 0.3) is 0 Å². The summed E-state index contributed by atoms with van der Waals surface area (Å²) in [6.45, 7) is 0.441. The molecule has 0 radical (unpaired) electrons. The molecule has 0 fully saturated rings. The molecule has 2 aromatic rings. The van der Waals surface area contributed by atoms with E-state index in [2.05, 4.69) is 4.98 Å². The predicted molar refractivity (Wildman–Crippen MR) is 74.7 cm³/mol. The van der Waals surface area contributed by atoms with Gasteiger partial charge in [0, 0.05) is 18.6 Å². The first-order valence-electron chi connectivity index (χ1n) is 5.82. The second-order valence-electron chi connectivity index (χ2n) is 4.31. The molecule has 0 saturated carbocycles. The predicted octanol–water partition coefficient (Wildman–Crippen LogP) is 3.21. The van der Waals surface area contributed by atoms with Gasteiger partial charge in [0.05, 0.1) is 6.20 Å². The van der Waals surface area contributed by atoms with Gasteiger partial charge in [-0.05, 0) is 23.8 Å². The van der Waals surface area contributed by atoms with Crippen LogP contribution < -0.4 is 4.90 Å². The van der Waals surface area contributed by atoms with Crippen LogP contribution in [0.15, 0.2) is 36.5 Å². The second kappa shape index (κ2) is 5.88. The van der Waals surface area contributed by atoms with Crippen molar-refractivity contribution in [3.05, 3.63) is 58.5 Å². The summed E-state index contributed by atoms with van der Waals surface area (Å²) in [5.41, 5.74) is 0.779. The number of hydrogen-bond donors (Lipinski definition) is 1. The van der Waals surface area contributed by atoms with Gasteiger partial charge in [0.1, 0.15) is 17.2 Å². The minimum Gasteiger partial charge on any atom is -0.478 e. The van der Waals surface area contributed by atoms with E-state index in [9.17, 15) is 9.18 Å². The molecule has 2 rings (SSSR count). The van der Waals surface area contributed by atoms with Gasteiger partial charge in [-0.3, -0.25) is 0 Å². The van der Waals surface area contributed by atoms with Crippen molar-refractivity contribution in [2.75, 3.05) is 11.9 Å². The van der Waals surface area contributed by atoms with Crippen molar-refractivity contribution in [3.63, 3.8) is 0 Å². The molecule has 6 heteroatoms. The standard InChI is InChI=1S/C14H12ClFN2O2/c1-18(8-9-2-4-10(15)5-3-9)13-12(14(19)20)6-11(16)7-17-13/h2-7H,8H2,1H3,(H,19,20). The number of benzene rings is 1. The molecule has 0 aliphatic carbocycles. The molecule has 0 bridgehead atoms. The van der Waals surface area contributed by atoms with Crippen LogP contribution >= 0.6 is 11.6 Å². The van der Waals surface area contributed by atoms with Crippen LogP contribution in [0.5, 0.6) is 0 Å². The molecular formula is C14H12ClFN2O2. The highest BCUT2D eigenvalue weighted by atomic mass is 35.5. The van der Waals surface area contributed by atoms with Crippen LogP contribution in [-0.2, 0) is 6.54 Å². The van der Waals surface area contributed by atoms with Gasteiger partial charge in [0.2, 0.25) is 0 Å². The fraction of sp³-hybridized carbons (Fsp3) is 0.143. The first-order chi connectivity index (χ1) is 9.47. The Kier molecular flexibility index (Phi) is 4.20. The summed E-state index contributed by atoms with van der Waals surface area (Å²) in [6.07, 6.45) is 1.00. The third-order valence-electron chi connectivity index (χ3n) is 2.76. The molecule has 0 aliphatic heterocycles. The number of carbonyl (C=O) groups is 1. The summed E-state index contributed by atoms with van der Waals surface area (Å²) in [5, 5.41) is 9.72. The molecule has 20 heavy (non-hydrogen) atoms. The number of nitrogens with zero attached hydrogens (tertiary/aromatic N) is 2. The summed E-state index contributed by atoms with van der Waals surface area (Å²) in [6, 6.07) is 8.14. The number of pyridine rings is 1. The van der Waals surface area contributed by atoms with Gasteiger partial charge in [-0.15, -0.1) is 0 Å². The lowest BCUT2D eigenvalue weighted by Gasteiger charge is -2.20. The molecular weight excluding hydrogens is 283 g/mol. The number of rotatable bonds is 4. The van der Waals surface area contributed by atoms with Gasteiger partial charge in [-0.1, -0.05) is 23.7 Å². The Morgan fingerprint density at radius 1 is 1.40 bits per heavy atom. The van der Waals surface area contributed by atoms with Gasteiger partial charge in [-0.25, -0.2) is 14.2 Å². The Hall–Kier alpha value is -2.14. The van der Waals surface area contributed by atoms with Crippen molar-refractivity contribution in [1.29, 1.82) is 0 Å². The number of carboxylic acids is 1. The number of anilines is 1. The highest BCUT2D eigenvalue weighted by Crippen LogP contribution is 2.20. The number of carboxylic acid groups (broad SMARTS) is 1. The minimum absolute atomic E-state index is 0.165. The summed E-state index contributed by atoms with van der Waals surface area (Å²) in [4.78, 5) is 16.6. The summed E-state index contributed by atoms with van der Waals surface area (Å²) in [7, 11) is 1.70. The lowest BCUT2D eigenvalue weighted by Crippen LogP contribution is -2.21. The van der Waals surface area contributed by atoms with Gasteiger partial charge in [0.25, 0.3) is 0 Å². The van der Waals surface area contributed by atoms with Crippen molar-refractivity contribution in [2.45, 2.75) is 6.54 Å². The Labute approximate surface area is 120 Å². The largest absolute Gasteiger partial charge is 0.478 e. The zero-order valence-corrected chi connectivity index (χ0v) is 11.4. The number of aromatic nitrogens is 1. The van der Waals surface area contributed by atoms with Gasteiger partial charge in [-0.2, -0.15) is 0 Å². The third-order valence-corrected chi connectivity index (χ3v) is 3.01. The highest BCUT2D eigenvalue weighted by Gasteiger charge is 2.16. The van der Waals surface area contributed by atoms with Crippen LogP contribution in [-0.4, -0.2) is 23.1 Å². The fourth-order valence-electron chi connectivity index (χ4n) is 1.83. The van der Waals surface area contributed by atoms with Crippen LogP contribution in [0.1, 0.15) is 15.9 Å². The molecule has 0 spiro atoms. The Morgan fingerprint density at radius 2 is 2.05 bits per heavy atom. The first-order valence-corrected chi connectivity index (χ1v) is 6.19. The van der Waals surface area contributed by atoms with E-state index in [4.69, 9.17) is 16.7 Å². The average molecular weight is 295 g/mol. The molecule has 0 atom stereocenters. The highest BCUT2D eigenvalue weighted by molar-refractivity contribution is 6.30. The topological polar surface area (TPSA) is 53.4 Å². The van der Waals surface area contributed by atoms with E-state index in [1.807, 2.05) is 12.1 Å². The van der Waals surface area contributed by atoms with Crippen LogP contribution in [0, 0.1) is 5.82 Å². The Bertz CT molecular complexity index is 632. The van der Waals surface area contributed by atoms with E-state index in [0.717, 1.165) is 17.8 Å². The quantitative estimate of drug-likeness (QED) is 0.941. The molecule has 1 heterocycles. The van der Waals surface area contributed by atoms with E-state index >= 15 is 0 Å². The molecule has 104 valence electrons. The van der Waals surface area contributed by atoms with E-state index in [-0.39, 0.29) is 11.4 Å². The molecule has 0 aliphatic rings. The smallest absolute Gasteiger partial charge is 0.339 e. The van der Waals surface area contributed by atoms with Crippen molar-refractivity contribution >= 4 is 23.4 Å². The van der Waals surface area contributed by atoms with Crippen molar-refractivity contribution < 1.29 is 14.3 Å². The van der Waals surface area contributed by atoms with E-state index in [1.54, 1.807) is 24.1 Å². The lowest BCUT2D eigenvalue weighted by atomic mass is 10.2. The fourth-order valence-corrected chi connectivity index (χ4v) is 1.96. The molecule has 1 N–H and O–H groups in total. The van der Waals surface area contributed by atoms with E-state index < -0.39 is 11.8 Å². The van der Waals surface area contributed by atoms with Gasteiger partial charge < -0.3 is 10.0 Å². The average Bonchev–Trinajstić information content (AvgIpc) is 2.41. The van der Waals surface area contributed by atoms with E-state index in [1.165, 1.54) is 0 Å². The molecule has 0 unspecified atom stereocenters. The van der Waals surface area contributed by atoms with E-state index in [0.29, 0.717) is 11.6 Å². The van der Waals surface area contributed by atoms with Crippen LogP contribution in [0.2, 0.25) is 5.02 Å². The maximum absolute atomic E-state index is 13.1. The number of halogens is 2. The van der Waals surface area contributed by atoms with Crippen LogP contribution in [0.4, 0.5) is 10.2 Å². The van der Waals surface area contributed by atoms with Crippen LogP contribution in [0.3, 0.4) is 0 Å².